The van der Waals surface area contributed by atoms with Gasteiger partial charge in [-0.1, -0.05) is 0 Å². The molecule has 1 atom stereocenters. The minimum atomic E-state index is -2.84. The third-order valence-electron chi connectivity index (χ3n) is 9.87. The van der Waals surface area contributed by atoms with E-state index in [1.54, 1.807) is 6.49 Å². The van der Waals surface area contributed by atoms with Gasteiger partial charge in [0.15, 0.2) is 0 Å². The van der Waals surface area contributed by atoms with Crippen LogP contribution in [-0.2, 0) is 32.1 Å². The van der Waals surface area contributed by atoms with Gasteiger partial charge in [0.25, 0.3) is 0 Å². The second-order valence-electron chi connectivity index (χ2n) is 15.3. The molecule has 0 heterocycles. The van der Waals surface area contributed by atoms with E-state index in [1.807, 2.05) is 12.2 Å². The molecular weight excluding hydrogens is 703 g/mol. The number of allylic oxidation sites excluding steroid dienone is 4. The summed E-state index contributed by atoms with van der Waals surface area (Å²) >= 11 is -2.84. The molecule has 48 heavy (non-hydrogen) atoms. The normalized spacial score (nSPS) is 15.1. The van der Waals surface area contributed by atoms with Gasteiger partial charge in [-0.3, -0.25) is 0 Å². The van der Waals surface area contributed by atoms with Gasteiger partial charge in [-0.15, -0.1) is 0 Å². The number of fused-ring (bicyclic) bond motifs is 3. The molecule has 0 amide bonds. The predicted octanol–water partition coefficient (Wildman–Crippen LogP) is 6.01. The summed E-state index contributed by atoms with van der Waals surface area (Å²) in [6, 6.07) is 33.3. The standard InChI is InChI=1S/C21H26.C17H13.C7H9.2ClH.Zr/c1-20(2,3)18-11-7-16(8-12-18)15-17-9-13-19(14-10-17)21(4,5)6;1-3-12-5-7-14-11-15-8-6-13(4-2)10-17(15)16(14)9-12;1-6-3-4-7(2)5-6;;;/h7-14H,1-6H3;3-11H,1-2H2;3,5,7H,1-2H3;2*1H;/q;;;;;+2/p-2. The Bertz CT molecular complexity index is 1820. The monoisotopic (exact) mass is 748 g/mol. The molecule has 1 unspecified atom stereocenters. The second-order valence-corrected chi connectivity index (χ2v) is 21.4. The molecule has 3 heteroatoms. The van der Waals surface area contributed by atoms with E-state index in [0.29, 0.717) is 9.54 Å². The maximum absolute atomic E-state index is 4.11. The molecule has 0 spiro atoms. The molecule has 0 radical (unpaired) electrons. The average Bonchev–Trinajstić information content (AvgIpc) is 3.53. The molecule has 0 N–H and O–H groups in total. The summed E-state index contributed by atoms with van der Waals surface area (Å²) in [6.45, 7) is 26.8. The molecule has 246 valence electrons. The third kappa shape index (κ3) is 7.21. The molecule has 0 nitrogen and oxygen atoms in total. The van der Waals surface area contributed by atoms with Crippen molar-refractivity contribution in [3.05, 3.63) is 164 Å². The zero-order valence-corrected chi connectivity index (χ0v) is 33.7. The van der Waals surface area contributed by atoms with E-state index in [4.69, 9.17) is 0 Å². The van der Waals surface area contributed by atoms with E-state index < -0.39 is 21.3 Å². The van der Waals surface area contributed by atoms with Crippen molar-refractivity contribution in [3.63, 3.8) is 0 Å². The molecule has 4 aromatic carbocycles. The summed E-state index contributed by atoms with van der Waals surface area (Å²) in [5.41, 5.74) is 15.1. The van der Waals surface area contributed by atoms with Crippen molar-refractivity contribution >= 4 is 15.4 Å². The zero-order valence-electron chi connectivity index (χ0n) is 29.7. The van der Waals surface area contributed by atoms with Crippen LogP contribution in [0.15, 0.2) is 119 Å². The Balaban J connectivity index is 0.00000260. The van der Waals surface area contributed by atoms with E-state index in [1.165, 1.54) is 61.2 Å². The first-order valence-electron chi connectivity index (χ1n) is 16.7. The van der Waals surface area contributed by atoms with Crippen LogP contribution in [0.5, 0.6) is 0 Å². The van der Waals surface area contributed by atoms with Gasteiger partial charge in [0.1, 0.15) is 0 Å². The van der Waals surface area contributed by atoms with Gasteiger partial charge in [0.2, 0.25) is 0 Å². The zero-order chi connectivity index (χ0) is 33.0. The fourth-order valence-electron chi connectivity index (χ4n) is 7.29. The first-order chi connectivity index (χ1) is 21.8. The van der Waals surface area contributed by atoms with Crippen molar-refractivity contribution in [2.24, 2.45) is 5.92 Å². The molecule has 0 saturated carbocycles. The maximum Gasteiger partial charge on any atom is -1.00 e. The van der Waals surface area contributed by atoms with Crippen molar-refractivity contribution in [1.82, 2.24) is 0 Å². The molecule has 4 aromatic rings. The topological polar surface area (TPSA) is 0 Å². The Labute approximate surface area is 309 Å². The summed E-state index contributed by atoms with van der Waals surface area (Å²) in [7, 11) is 0. The van der Waals surface area contributed by atoms with Crippen LogP contribution in [0.25, 0.3) is 23.3 Å². The fraction of sp³-hybridized carbons (Fsp3) is 0.267. The molecular formula is C45H48Cl2Zr. The SMILES string of the molecule is C=Cc1ccc2c(c1)-c1cc(C=C)ccc1[CH]2[Zr+2]([C]1=CC(C)=CC1C)=[C](c1ccc(C(C)(C)C)cc1)c1ccc(C(C)(C)C)cc1.[Cl-].[Cl-]. The van der Waals surface area contributed by atoms with Crippen LogP contribution < -0.4 is 24.8 Å². The van der Waals surface area contributed by atoms with Gasteiger partial charge < -0.3 is 24.8 Å². The molecule has 0 saturated heterocycles. The summed E-state index contributed by atoms with van der Waals surface area (Å²) in [4.78, 5) is 0. The van der Waals surface area contributed by atoms with Crippen LogP contribution in [-0.4, -0.2) is 3.21 Å². The number of hydrogen-bond acceptors (Lipinski definition) is 0. The predicted molar refractivity (Wildman–Crippen MR) is 198 cm³/mol. The van der Waals surface area contributed by atoms with E-state index in [-0.39, 0.29) is 35.6 Å². The van der Waals surface area contributed by atoms with Crippen LogP contribution >= 0.6 is 0 Å². The van der Waals surface area contributed by atoms with Crippen LogP contribution in [0.4, 0.5) is 0 Å². The Morgan fingerprint density at radius 1 is 0.646 bits per heavy atom. The van der Waals surface area contributed by atoms with Gasteiger partial charge >= 0.3 is 287 Å². The van der Waals surface area contributed by atoms with Crippen LogP contribution in [0.2, 0.25) is 0 Å². The van der Waals surface area contributed by atoms with Gasteiger partial charge in [-0.2, -0.15) is 0 Å². The van der Waals surface area contributed by atoms with Crippen molar-refractivity contribution in [2.45, 2.75) is 69.8 Å². The molecule has 0 aromatic heterocycles. The van der Waals surface area contributed by atoms with E-state index in [9.17, 15) is 0 Å². The number of hydrogen-bond donors (Lipinski definition) is 0. The van der Waals surface area contributed by atoms with Gasteiger partial charge in [-0.25, -0.2) is 0 Å². The molecule has 0 fully saturated rings. The van der Waals surface area contributed by atoms with Crippen LogP contribution in [0.3, 0.4) is 0 Å². The second kappa shape index (κ2) is 14.6. The van der Waals surface area contributed by atoms with Gasteiger partial charge in [0, 0.05) is 0 Å². The average molecular weight is 751 g/mol. The Hall–Kier alpha value is -2.83. The first kappa shape index (κ1) is 38.0. The van der Waals surface area contributed by atoms with Crippen molar-refractivity contribution < 1.29 is 46.1 Å². The summed E-state index contributed by atoms with van der Waals surface area (Å²) in [6.07, 6.45) is 8.99. The Morgan fingerprint density at radius 2 is 1.06 bits per heavy atom. The van der Waals surface area contributed by atoms with E-state index in [2.05, 4.69) is 166 Å². The largest absolute Gasteiger partial charge is 1.00 e. The summed E-state index contributed by atoms with van der Waals surface area (Å²) in [5, 5.41) is 0. The maximum atomic E-state index is 4.11. The van der Waals surface area contributed by atoms with Gasteiger partial charge in [-0.05, 0) is 0 Å². The van der Waals surface area contributed by atoms with Crippen LogP contribution in [0.1, 0.15) is 104 Å². The van der Waals surface area contributed by atoms with Crippen molar-refractivity contribution in [3.8, 4) is 11.1 Å². The summed E-state index contributed by atoms with van der Waals surface area (Å²) < 4.78 is 3.63. The first-order valence-corrected chi connectivity index (χ1v) is 20.6. The fourth-order valence-corrected chi connectivity index (χ4v) is 17.0. The Morgan fingerprint density at radius 3 is 1.40 bits per heavy atom. The number of rotatable bonds is 6. The molecule has 2 aliphatic rings. The molecule has 6 rings (SSSR count). The molecule has 2 aliphatic carbocycles. The minimum Gasteiger partial charge on any atom is -1.00 e. The summed E-state index contributed by atoms with van der Waals surface area (Å²) in [5.74, 6) is 0.430. The quantitative estimate of drug-likeness (QED) is 0.227. The van der Waals surface area contributed by atoms with Crippen molar-refractivity contribution in [2.75, 3.05) is 0 Å². The molecule has 0 aliphatic heterocycles. The van der Waals surface area contributed by atoms with Crippen molar-refractivity contribution in [1.29, 1.82) is 0 Å². The number of halogens is 2. The number of benzene rings is 4. The van der Waals surface area contributed by atoms with Gasteiger partial charge in [0.05, 0.1) is 0 Å². The van der Waals surface area contributed by atoms with Crippen LogP contribution in [0, 0.1) is 5.92 Å². The van der Waals surface area contributed by atoms with E-state index in [0.717, 1.165) is 0 Å². The Kier molecular flexibility index (Phi) is 11.5. The third-order valence-corrected chi connectivity index (χ3v) is 18.6. The smallest absolute Gasteiger partial charge is 1.00 e. The molecule has 0 bridgehead atoms. The van der Waals surface area contributed by atoms with E-state index >= 15 is 0 Å². The minimum absolute atomic E-state index is 0.